The number of ether oxygens (including phenoxy) is 1. The Balaban J connectivity index is 2.08. The summed E-state index contributed by atoms with van der Waals surface area (Å²) >= 11 is 0. The number of hydrogen-bond donors (Lipinski definition) is 1. The molecule has 4 atom stereocenters. The van der Waals surface area contributed by atoms with E-state index in [4.69, 9.17) is 10.5 Å². The zero-order valence-corrected chi connectivity index (χ0v) is 11.6. The minimum absolute atomic E-state index is 0.220. The first-order valence-corrected chi connectivity index (χ1v) is 7.09. The van der Waals surface area contributed by atoms with Crippen molar-refractivity contribution in [3.05, 3.63) is 0 Å². The van der Waals surface area contributed by atoms with Gasteiger partial charge in [-0.15, -0.1) is 0 Å². The Kier molecular flexibility index (Phi) is 4.11. The Morgan fingerprint density at radius 3 is 2.47 bits per heavy atom. The molecule has 2 aliphatic rings. The van der Waals surface area contributed by atoms with E-state index in [1.165, 1.54) is 32.4 Å². The van der Waals surface area contributed by atoms with E-state index in [1.54, 1.807) is 0 Å². The van der Waals surface area contributed by atoms with Crippen molar-refractivity contribution in [3.8, 4) is 0 Å². The normalized spacial score (nSPS) is 44.1. The Labute approximate surface area is 106 Å². The molecule has 0 radical (unpaired) electrons. The first-order chi connectivity index (χ1) is 8.11. The fourth-order valence-electron chi connectivity index (χ4n) is 3.61. The van der Waals surface area contributed by atoms with E-state index < -0.39 is 0 Å². The number of hydrogen-bond acceptors (Lipinski definition) is 3. The SMILES string of the molecule is COC1CCCC(CN)(N2CC(C)C(C)C2)C1. The number of rotatable bonds is 3. The van der Waals surface area contributed by atoms with Gasteiger partial charge in [-0.05, 0) is 37.5 Å². The molecular weight excluding hydrogens is 212 g/mol. The summed E-state index contributed by atoms with van der Waals surface area (Å²) in [6, 6.07) is 0. The van der Waals surface area contributed by atoms with Crippen molar-refractivity contribution in [2.75, 3.05) is 26.7 Å². The predicted octanol–water partition coefficient (Wildman–Crippen LogP) is 1.86. The standard InChI is InChI=1S/C14H28N2O/c1-11-8-16(9-12(11)2)14(10-15)6-4-5-13(7-14)17-3/h11-13H,4-10,15H2,1-3H3. The van der Waals surface area contributed by atoms with Gasteiger partial charge in [0, 0.05) is 32.3 Å². The van der Waals surface area contributed by atoms with Gasteiger partial charge in [-0.3, -0.25) is 4.90 Å². The average molecular weight is 240 g/mol. The van der Waals surface area contributed by atoms with Crippen molar-refractivity contribution in [3.63, 3.8) is 0 Å². The average Bonchev–Trinajstić information content (AvgIpc) is 2.70. The van der Waals surface area contributed by atoms with Crippen LogP contribution in [-0.4, -0.2) is 43.3 Å². The molecule has 1 saturated carbocycles. The molecule has 100 valence electrons. The molecule has 2 N–H and O–H groups in total. The zero-order valence-electron chi connectivity index (χ0n) is 11.6. The van der Waals surface area contributed by atoms with Gasteiger partial charge >= 0.3 is 0 Å². The van der Waals surface area contributed by atoms with Gasteiger partial charge in [-0.2, -0.15) is 0 Å². The molecular formula is C14H28N2O. The molecule has 0 bridgehead atoms. The van der Waals surface area contributed by atoms with Gasteiger partial charge < -0.3 is 10.5 Å². The van der Waals surface area contributed by atoms with Gasteiger partial charge in [0.25, 0.3) is 0 Å². The lowest BCUT2D eigenvalue weighted by molar-refractivity contribution is -0.0148. The lowest BCUT2D eigenvalue weighted by atomic mass is 9.78. The highest BCUT2D eigenvalue weighted by Crippen LogP contribution is 2.38. The molecule has 0 aromatic heterocycles. The van der Waals surface area contributed by atoms with Crippen molar-refractivity contribution < 1.29 is 4.74 Å². The third kappa shape index (κ3) is 2.51. The maximum absolute atomic E-state index is 6.13. The third-order valence-corrected chi connectivity index (χ3v) is 5.15. The summed E-state index contributed by atoms with van der Waals surface area (Å²) < 4.78 is 5.58. The molecule has 0 aromatic carbocycles. The number of likely N-dealkylation sites (tertiary alicyclic amines) is 1. The van der Waals surface area contributed by atoms with Crippen LogP contribution in [0.5, 0.6) is 0 Å². The molecule has 3 nitrogen and oxygen atoms in total. The lowest BCUT2D eigenvalue weighted by Gasteiger charge is -2.46. The quantitative estimate of drug-likeness (QED) is 0.818. The van der Waals surface area contributed by atoms with Crippen molar-refractivity contribution in [2.45, 2.75) is 51.2 Å². The highest BCUT2D eigenvalue weighted by atomic mass is 16.5. The Morgan fingerprint density at radius 2 is 1.94 bits per heavy atom. The van der Waals surface area contributed by atoms with E-state index in [9.17, 15) is 0 Å². The maximum Gasteiger partial charge on any atom is 0.0589 e. The number of methoxy groups -OCH3 is 1. The number of nitrogens with zero attached hydrogens (tertiary/aromatic N) is 1. The molecule has 1 saturated heterocycles. The Bertz CT molecular complexity index is 249. The Hall–Kier alpha value is -0.120. The van der Waals surface area contributed by atoms with Gasteiger partial charge in [-0.1, -0.05) is 13.8 Å². The van der Waals surface area contributed by atoms with E-state index in [-0.39, 0.29) is 5.54 Å². The van der Waals surface area contributed by atoms with Gasteiger partial charge in [0.05, 0.1) is 6.10 Å². The molecule has 4 unspecified atom stereocenters. The largest absolute Gasteiger partial charge is 0.381 e. The van der Waals surface area contributed by atoms with Crippen LogP contribution >= 0.6 is 0 Å². The van der Waals surface area contributed by atoms with Crippen molar-refractivity contribution in [1.29, 1.82) is 0 Å². The smallest absolute Gasteiger partial charge is 0.0589 e. The summed E-state index contributed by atoms with van der Waals surface area (Å²) in [7, 11) is 1.84. The number of nitrogens with two attached hydrogens (primary N) is 1. The Morgan fingerprint density at radius 1 is 1.29 bits per heavy atom. The van der Waals surface area contributed by atoms with E-state index in [0.29, 0.717) is 6.10 Å². The molecule has 2 fully saturated rings. The molecule has 2 rings (SSSR count). The summed E-state index contributed by atoms with van der Waals surface area (Å²) in [4.78, 5) is 2.66. The van der Waals surface area contributed by atoms with Crippen LogP contribution in [0.4, 0.5) is 0 Å². The molecule has 1 aliphatic carbocycles. The second kappa shape index (κ2) is 5.25. The van der Waals surface area contributed by atoms with E-state index in [2.05, 4.69) is 18.7 Å². The minimum atomic E-state index is 0.220. The molecule has 0 aromatic rings. The molecule has 1 heterocycles. The van der Waals surface area contributed by atoms with Crippen LogP contribution in [0.15, 0.2) is 0 Å². The predicted molar refractivity (Wildman–Crippen MR) is 71.0 cm³/mol. The summed E-state index contributed by atoms with van der Waals surface area (Å²) in [5.41, 5.74) is 6.35. The van der Waals surface area contributed by atoms with Gasteiger partial charge in [0.15, 0.2) is 0 Å². The summed E-state index contributed by atoms with van der Waals surface area (Å²) in [5.74, 6) is 1.61. The summed E-state index contributed by atoms with van der Waals surface area (Å²) in [5, 5.41) is 0. The monoisotopic (exact) mass is 240 g/mol. The molecule has 3 heteroatoms. The van der Waals surface area contributed by atoms with Crippen molar-refractivity contribution in [1.82, 2.24) is 4.90 Å². The van der Waals surface area contributed by atoms with Crippen LogP contribution in [0.2, 0.25) is 0 Å². The van der Waals surface area contributed by atoms with Crippen LogP contribution in [0.1, 0.15) is 39.5 Å². The lowest BCUT2D eigenvalue weighted by Crippen LogP contribution is -2.56. The first-order valence-electron chi connectivity index (χ1n) is 7.09. The van der Waals surface area contributed by atoms with Crippen molar-refractivity contribution >= 4 is 0 Å². The highest BCUT2D eigenvalue weighted by molar-refractivity contribution is 5.00. The third-order valence-electron chi connectivity index (χ3n) is 5.15. The van der Waals surface area contributed by atoms with Crippen LogP contribution in [0.25, 0.3) is 0 Å². The van der Waals surface area contributed by atoms with E-state index in [0.717, 1.165) is 24.8 Å². The van der Waals surface area contributed by atoms with Gasteiger partial charge in [-0.25, -0.2) is 0 Å². The van der Waals surface area contributed by atoms with Gasteiger partial charge in [0.2, 0.25) is 0 Å². The molecule has 0 amide bonds. The topological polar surface area (TPSA) is 38.5 Å². The highest BCUT2D eigenvalue weighted by Gasteiger charge is 2.44. The van der Waals surface area contributed by atoms with Crippen molar-refractivity contribution in [2.24, 2.45) is 17.6 Å². The van der Waals surface area contributed by atoms with E-state index in [1.807, 2.05) is 7.11 Å². The second-order valence-corrected chi connectivity index (χ2v) is 6.24. The maximum atomic E-state index is 6.13. The zero-order chi connectivity index (χ0) is 12.5. The summed E-state index contributed by atoms with van der Waals surface area (Å²) in [6.07, 6.45) is 5.26. The fraction of sp³-hybridized carbons (Fsp3) is 1.00. The van der Waals surface area contributed by atoms with Crippen LogP contribution < -0.4 is 5.73 Å². The molecule has 17 heavy (non-hydrogen) atoms. The first kappa shape index (κ1) is 13.3. The second-order valence-electron chi connectivity index (χ2n) is 6.24. The molecule has 0 spiro atoms. The fourth-order valence-corrected chi connectivity index (χ4v) is 3.61. The van der Waals surface area contributed by atoms with Crippen LogP contribution in [0.3, 0.4) is 0 Å². The minimum Gasteiger partial charge on any atom is -0.381 e. The summed E-state index contributed by atoms with van der Waals surface area (Å²) in [6.45, 7) is 7.95. The van der Waals surface area contributed by atoms with Gasteiger partial charge in [0.1, 0.15) is 0 Å². The van der Waals surface area contributed by atoms with Crippen LogP contribution in [-0.2, 0) is 4.74 Å². The van der Waals surface area contributed by atoms with E-state index >= 15 is 0 Å². The van der Waals surface area contributed by atoms with Crippen LogP contribution in [0, 0.1) is 11.8 Å². The molecule has 1 aliphatic heterocycles.